The molecule has 7 nitrogen and oxygen atoms in total. The predicted octanol–water partition coefficient (Wildman–Crippen LogP) is 1.32. The summed E-state index contributed by atoms with van der Waals surface area (Å²) in [6.45, 7) is 2.32. The molecule has 0 saturated carbocycles. The zero-order valence-corrected chi connectivity index (χ0v) is 14.8. The lowest BCUT2D eigenvalue weighted by atomic mass is 9.87. The molecule has 3 heterocycles. The Morgan fingerprint density at radius 1 is 1.23 bits per heavy atom. The van der Waals surface area contributed by atoms with E-state index in [0.717, 1.165) is 12.1 Å². The molecule has 2 saturated heterocycles. The quantitative estimate of drug-likeness (QED) is 0.816. The molecule has 2 fully saturated rings. The second-order valence-electron chi connectivity index (χ2n) is 7.15. The smallest absolute Gasteiger partial charge is 0.289 e. The van der Waals surface area contributed by atoms with Crippen molar-refractivity contribution in [3.8, 4) is 0 Å². The van der Waals surface area contributed by atoms with Gasteiger partial charge in [-0.15, -0.1) is 0 Å². The Morgan fingerprint density at radius 2 is 2.04 bits per heavy atom. The van der Waals surface area contributed by atoms with Gasteiger partial charge in [-0.3, -0.25) is 9.59 Å². The molecule has 26 heavy (non-hydrogen) atoms. The van der Waals surface area contributed by atoms with E-state index in [2.05, 4.69) is 4.98 Å². The van der Waals surface area contributed by atoms with Crippen molar-refractivity contribution in [3.05, 3.63) is 48.5 Å². The summed E-state index contributed by atoms with van der Waals surface area (Å²) < 4.78 is 7.42. The number of rotatable bonds is 2. The zero-order chi connectivity index (χ0) is 18.1. The molecule has 1 spiro atoms. The van der Waals surface area contributed by atoms with Crippen molar-refractivity contribution in [2.75, 3.05) is 37.7 Å². The van der Waals surface area contributed by atoms with Crippen LogP contribution in [-0.4, -0.2) is 59.1 Å². The molecule has 0 N–H and O–H groups in total. The summed E-state index contributed by atoms with van der Waals surface area (Å²) >= 11 is 0. The number of imidazole rings is 1. The molecule has 1 aromatic carbocycles. The van der Waals surface area contributed by atoms with E-state index in [-0.39, 0.29) is 23.8 Å². The first-order chi connectivity index (χ1) is 12.6. The topological polar surface area (TPSA) is 67.7 Å². The predicted molar refractivity (Wildman–Crippen MR) is 95.8 cm³/mol. The summed E-state index contributed by atoms with van der Waals surface area (Å²) in [6, 6.07) is 9.64. The lowest BCUT2D eigenvalue weighted by molar-refractivity contribution is -0.122. The molecule has 136 valence electrons. The first-order valence-electron chi connectivity index (χ1n) is 8.78. The van der Waals surface area contributed by atoms with Crippen molar-refractivity contribution in [2.45, 2.75) is 6.42 Å². The fourth-order valence-electron chi connectivity index (χ4n) is 3.81. The van der Waals surface area contributed by atoms with Crippen LogP contribution in [0.4, 0.5) is 5.69 Å². The number of hydrogen-bond donors (Lipinski definition) is 0. The monoisotopic (exact) mass is 354 g/mol. The van der Waals surface area contributed by atoms with Gasteiger partial charge in [-0.2, -0.15) is 0 Å². The van der Waals surface area contributed by atoms with Gasteiger partial charge in [-0.1, -0.05) is 18.2 Å². The minimum Gasteiger partial charge on any atom is -0.371 e. The van der Waals surface area contributed by atoms with Crippen molar-refractivity contribution in [2.24, 2.45) is 12.5 Å². The molecule has 1 atom stereocenters. The number of aromatic nitrogens is 2. The molecule has 1 aromatic heterocycles. The molecule has 0 aliphatic carbocycles. The normalized spacial score (nSPS) is 23.5. The highest BCUT2D eigenvalue weighted by atomic mass is 16.5. The van der Waals surface area contributed by atoms with E-state index in [4.69, 9.17) is 4.74 Å². The van der Waals surface area contributed by atoms with E-state index in [1.165, 1.54) is 0 Å². The minimum absolute atomic E-state index is 0.0399. The molecule has 2 aliphatic heterocycles. The number of hydrogen-bond acceptors (Lipinski definition) is 4. The Kier molecular flexibility index (Phi) is 4.24. The van der Waals surface area contributed by atoms with E-state index in [1.54, 1.807) is 21.9 Å². The Labute approximate surface area is 152 Å². The van der Waals surface area contributed by atoms with Crippen LogP contribution in [0.2, 0.25) is 0 Å². The van der Waals surface area contributed by atoms with E-state index >= 15 is 0 Å². The van der Waals surface area contributed by atoms with Gasteiger partial charge in [-0.05, 0) is 18.6 Å². The van der Waals surface area contributed by atoms with Crippen molar-refractivity contribution in [1.82, 2.24) is 14.5 Å². The van der Waals surface area contributed by atoms with Crippen molar-refractivity contribution in [3.63, 3.8) is 0 Å². The summed E-state index contributed by atoms with van der Waals surface area (Å²) in [5, 5.41) is 0. The molecule has 2 aromatic rings. The van der Waals surface area contributed by atoms with Gasteiger partial charge in [0.05, 0.1) is 6.61 Å². The van der Waals surface area contributed by atoms with E-state index in [9.17, 15) is 9.59 Å². The fourth-order valence-corrected chi connectivity index (χ4v) is 3.81. The van der Waals surface area contributed by atoms with Crippen LogP contribution < -0.4 is 4.90 Å². The van der Waals surface area contributed by atoms with Crippen LogP contribution in [0.3, 0.4) is 0 Å². The SMILES string of the molecule is Cn1ccnc1C(=O)N1CCC2(COCC(=O)N(c3ccccc3)C2)C1. The first-order valence-corrected chi connectivity index (χ1v) is 8.78. The maximum absolute atomic E-state index is 12.8. The summed E-state index contributed by atoms with van der Waals surface area (Å²) in [7, 11) is 1.82. The van der Waals surface area contributed by atoms with Gasteiger partial charge < -0.3 is 19.1 Å². The number of amides is 2. The standard InChI is InChI=1S/C19H22N4O3/c1-21-10-8-20-17(21)18(25)22-9-7-19(12-22)13-23(16(24)11-26-14-19)15-5-3-2-4-6-15/h2-6,8,10H,7,9,11-14H2,1H3. The Bertz CT molecular complexity index is 819. The van der Waals surface area contributed by atoms with Crippen LogP contribution in [0.25, 0.3) is 0 Å². The second kappa shape index (κ2) is 6.57. The molecular weight excluding hydrogens is 332 g/mol. The van der Waals surface area contributed by atoms with Crippen molar-refractivity contribution < 1.29 is 14.3 Å². The first kappa shape index (κ1) is 16.8. The number of para-hydroxylation sites is 1. The summed E-state index contributed by atoms with van der Waals surface area (Å²) in [6.07, 6.45) is 4.20. The zero-order valence-electron chi connectivity index (χ0n) is 14.8. The highest BCUT2D eigenvalue weighted by Gasteiger charge is 2.45. The second-order valence-corrected chi connectivity index (χ2v) is 7.15. The third kappa shape index (κ3) is 2.99. The molecule has 2 aliphatic rings. The molecule has 0 bridgehead atoms. The number of likely N-dealkylation sites (tertiary alicyclic amines) is 1. The largest absolute Gasteiger partial charge is 0.371 e. The molecular formula is C19H22N4O3. The third-order valence-electron chi connectivity index (χ3n) is 5.23. The number of ether oxygens (including phenoxy) is 1. The van der Waals surface area contributed by atoms with Crippen LogP contribution >= 0.6 is 0 Å². The van der Waals surface area contributed by atoms with Crippen LogP contribution in [-0.2, 0) is 16.6 Å². The van der Waals surface area contributed by atoms with Crippen LogP contribution in [0.15, 0.2) is 42.7 Å². The van der Waals surface area contributed by atoms with Gasteiger partial charge in [0.2, 0.25) is 0 Å². The van der Waals surface area contributed by atoms with Crippen LogP contribution in [0.1, 0.15) is 17.0 Å². The highest BCUT2D eigenvalue weighted by Crippen LogP contribution is 2.35. The molecule has 7 heteroatoms. The van der Waals surface area contributed by atoms with Gasteiger partial charge in [0.1, 0.15) is 6.61 Å². The molecule has 0 radical (unpaired) electrons. The average molecular weight is 354 g/mol. The molecule has 2 amide bonds. The number of nitrogens with zero attached hydrogens (tertiary/aromatic N) is 4. The van der Waals surface area contributed by atoms with Crippen LogP contribution in [0, 0.1) is 5.41 Å². The van der Waals surface area contributed by atoms with E-state index in [1.807, 2.05) is 42.3 Å². The van der Waals surface area contributed by atoms with E-state index in [0.29, 0.717) is 32.1 Å². The third-order valence-corrected chi connectivity index (χ3v) is 5.23. The Hall–Kier alpha value is -2.67. The Balaban J connectivity index is 1.55. The number of anilines is 1. The van der Waals surface area contributed by atoms with Crippen molar-refractivity contribution in [1.29, 1.82) is 0 Å². The molecule has 1 unspecified atom stereocenters. The van der Waals surface area contributed by atoms with Gasteiger partial charge in [0.25, 0.3) is 11.8 Å². The lowest BCUT2D eigenvalue weighted by Crippen LogP contribution is -2.43. The van der Waals surface area contributed by atoms with Gasteiger partial charge in [-0.25, -0.2) is 4.98 Å². The average Bonchev–Trinajstić information content (AvgIpc) is 3.22. The van der Waals surface area contributed by atoms with Gasteiger partial charge in [0, 0.05) is 50.2 Å². The fraction of sp³-hybridized carbons (Fsp3) is 0.421. The lowest BCUT2D eigenvalue weighted by Gasteiger charge is -2.31. The van der Waals surface area contributed by atoms with Crippen LogP contribution in [0.5, 0.6) is 0 Å². The van der Waals surface area contributed by atoms with E-state index < -0.39 is 0 Å². The number of carbonyl (C=O) groups excluding carboxylic acids is 2. The molecule has 4 rings (SSSR count). The maximum atomic E-state index is 12.8. The van der Waals surface area contributed by atoms with Gasteiger partial charge in [0.15, 0.2) is 5.82 Å². The maximum Gasteiger partial charge on any atom is 0.289 e. The number of benzene rings is 1. The minimum atomic E-state index is -0.247. The number of carbonyl (C=O) groups is 2. The summed E-state index contributed by atoms with van der Waals surface area (Å²) in [5.74, 6) is 0.325. The van der Waals surface area contributed by atoms with Gasteiger partial charge >= 0.3 is 0 Å². The highest BCUT2D eigenvalue weighted by molar-refractivity contribution is 5.95. The number of aryl methyl sites for hydroxylation is 1. The Morgan fingerprint density at radius 3 is 2.77 bits per heavy atom. The summed E-state index contributed by atoms with van der Waals surface area (Å²) in [4.78, 5) is 33.1. The summed E-state index contributed by atoms with van der Waals surface area (Å²) in [5.41, 5.74) is 0.624. The van der Waals surface area contributed by atoms with Crippen molar-refractivity contribution >= 4 is 17.5 Å².